The largest absolute Gasteiger partial charge is 0.345 e. The molecule has 0 aliphatic carbocycles. The Kier molecular flexibility index (Phi) is 6.27. The highest BCUT2D eigenvalue weighted by atomic mass is 19.1. The van der Waals surface area contributed by atoms with E-state index in [9.17, 15) is 13.6 Å². The van der Waals surface area contributed by atoms with Crippen LogP contribution in [0.2, 0.25) is 0 Å². The molecular formula is C18H24F2N5O+. The number of nitrogens with zero attached hydrogens (tertiary/aromatic N) is 3. The third-order valence-electron chi connectivity index (χ3n) is 4.73. The van der Waals surface area contributed by atoms with Crippen molar-refractivity contribution in [3.63, 3.8) is 0 Å². The summed E-state index contributed by atoms with van der Waals surface area (Å²) >= 11 is 0. The molecule has 1 aliphatic rings. The Balaban J connectivity index is 1.51. The number of rotatable bonds is 6. The predicted octanol–water partition coefficient (Wildman–Crippen LogP) is 0.793. The molecule has 6 nitrogen and oxygen atoms in total. The van der Waals surface area contributed by atoms with Crippen molar-refractivity contribution in [2.24, 2.45) is 0 Å². The van der Waals surface area contributed by atoms with Gasteiger partial charge in [-0.15, -0.1) is 5.10 Å². The maximum absolute atomic E-state index is 13.7. The van der Waals surface area contributed by atoms with Gasteiger partial charge in [-0.3, -0.25) is 4.79 Å². The van der Waals surface area contributed by atoms with Crippen molar-refractivity contribution in [3.8, 4) is 0 Å². The molecule has 1 saturated heterocycles. The van der Waals surface area contributed by atoms with Crippen molar-refractivity contribution < 1.29 is 18.5 Å². The molecule has 3 rings (SSSR count). The highest BCUT2D eigenvalue weighted by molar-refractivity contribution is 5.91. The van der Waals surface area contributed by atoms with Crippen molar-refractivity contribution >= 4 is 5.91 Å². The van der Waals surface area contributed by atoms with E-state index in [1.807, 2.05) is 0 Å². The van der Waals surface area contributed by atoms with E-state index in [1.165, 1.54) is 59.7 Å². The van der Waals surface area contributed by atoms with Crippen LogP contribution in [0.25, 0.3) is 0 Å². The van der Waals surface area contributed by atoms with Gasteiger partial charge in [0.05, 0.1) is 38.9 Å². The van der Waals surface area contributed by atoms with E-state index in [0.29, 0.717) is 6.54 Å². The molecule has 140 valence electrons. The minimum atomic E-state index is -0.646. The van der Waals surface area contributed by atoms with Gasteiger partial charge in [-0.2, -0.15) is 0 Å². The third kappa shape index (κ3) is 4.85. The number of amides is 1. The summed E-state index contributed by atoms with van der Waals surface area (Å²) in [5.41, 5.74) is 0.0433. The fourth-order valence-corrected chi connectivity index (χ4v) is 3.25. The van der Waals surface area contributed by atoms with Crippen molar-refractivity contribution in [3.05, 3.63) is 47.3 Å². The van der Waals surface area contributed by atoms with Gasteiger partial charge in [-0.25, -0.2) is 13.5 Å². The summed E-state index contributed by atoms with van der Waals surface area (Å²) in [7, 11) is 0. The maximum Gasteiger partial charge on any atom is 0.273 e. The summed E-state index contributed by atoms with van der Waals surface area (Å²) in [5.74, 6) is -1.61. The zero-order valence-electron chi connectivity index (χ0n) is 14.7. The summed E-state index contributed by atoms with van der Waals surface area (Å²) in [6.45, 7) is 3.65. The Morgan fingerprint density at radius 3 is 2.54 bits per heavy atom. The van der Waals surface area contributed by atoms with Gasteiger partial charge in [0.2, 0.25) is 0 Å². The fraction of sp³-hybridized carbons (Fsp3) is 0.500. The molecule has 0 spiro atoms. The zero-order valence-corrected chi connectivity index (χ0v) is 14.7. The highest BCUT2D eigenvalue weighted by Gasteiger charge is 2.15. The molecule has 0 radical (unpaired) electrons. The van der Waals surface area contributed by atoms with Crippen LogP contribution in [-0.4, -0.2) is 47.1 Å². The molecular weight excluding hydrogens is 340 g/mol. The first-order valence-electron chi connectivity index (χ1n) is 9.08. The second-order valence-electron chi connectivity index (χ2n) is 6.67. The first-order chi connectivity index (χ1) is 12.6. The fourth-order valence-electron chi connectivity index (χ4n) is 3.25. The number of hydrogen-bond acceptors (Lipinski definition) is 3. The summed E-state index contributed by atoms with van der Waals surface area (Å²) in [6.07, 6.45) is 6.47. The van der Waals surface area contributed by atoms with Crippen molar-refractivity contribution in [2.75, 3.05) is 26.2 Å². The smallest absolute Gasteiger partial charge is 0.273 e. The Hall–Kier alpha value is -2.35. The summed E-state index contributed by atoms with van der Waals surface area (Å²) in [6, 6.07) is 3.68. The van der Waals surface area contributed by atoms with Crippen LogP contribution in [0, 0.1) is 11.6 Å². The van der Waals surface area contributed by atoms with E-state index in [4.69, 9.17) is 0 Å². The molecule has 0 saturated carbocycles. The molecule has 0 atom stereocenters. The second kappa shape index (κ2) is 8.84. The molecule has 1 aromatic carbocycles. The first-order valence-corrected chi connectivity index (χ1v) is 9.08. The molecule has 1 aromatic heterocycles. The van der Waals surface area contributed by atoms with Crippen LogP contribution in [-0.2, 0) is 6.54 Å². The topological polar surface area (TPSA) is 64.2 Å². The van der Waals surface area contributed by atoms with Crippen LogP contribution in [0.3, 0.4) is 0 Å². The number of carbonyl (C=O) groups excluding carboxylic acids is 1. The number of hydrogen-bond donors (Lipinski definition) is 2. The predicted molar refractivity (Wildman–Crippen MR) is 91.8 cm³/mol. The van der Waals surface area contributed by atoms with Crippen LogP contribution >= 0.6 is 0 Å². The summed E-state index contributed by atoms with van der Waals surface area (Å²) < 4.78 is 28.6. The van der Waals surface area contributed by atoms with Crippen LogP contribution in [0.4, 0.5) is 8.78 Å². The Morgan fingerprint density at radius 1 is 1.15 bits per heavy atom. The van der Waals surface area contributed by atoms with Gasteiger partial charge in [0, 0.05) is 5.56 Å². The zero-order chi connectivity index (χ0) is 18.4. The molecule has 1 aliphatic heterocycles. The number of nitrogens with one attached hydrogen (secondary N) is 2. The minimum absolute atomic E-state index is 0.103. The molecule has 0 unspecified atom stereocenters. The molecule has 1 amide bonds. The number of carbonyl (C=O) groups is 1. The van der Waals surface area contributed by atoms with E-state index in [-0.39, 0.29) is 23.7 Å². The van der Waals surface area contributed by atoms with Crippen LogP contribution < -0.4 is 10.2 Å². The van der Waals surface area contributed by atoms with Gasteiger partial charge >= 0.3 is 0 Å². The Labute approximate surface area is 151 Å². The number of halogens is 2. The lowest BCUT2D eigenvalue weighted by Crippen LogP contribution is -3.12. The van der Waals surface area contributed by atoms with Gasteiger partial charge < -0.3 is 10.2 Å². The van der Waals surface area contributed by atoms with E-state index in [2.05, 4.69) is 15.6 Å². The van der Waals surface area contributed by atoms with Crippen LogP contribution in [0.15, 0.2) is 24.4 Å². The third-order valence-corrected chi connectivity index (χ3v) is 4.73. The number of quaternary nitrogens is 1. The summed E-state index contributed by atoms with van der Waals surface area (Å²) in [5, 5.41) is 10.4. The summed E-state index contributed by atoms with van der Waals surface area (Å²) in [4.78, 5) is 13.7. The first kappa shape index (κ1) is 18.4. The van der Waals surface area contributed by atoms with Gasteiger partial charge in [0.1, 0.15) is 11.6 Å². The molecule has 2 heterocycles. The second-order valence-corrected chi connectivity index (χ2v) is 6.67. The van der Waals surface area contributed by atoms with E-state index in [1.54, 1.807) is 0 Å². The molecule has 26 heavy (non-hydrogen) atoms. The normalized spacial score (nSPS) is 15.6. The van der Waals surface area contributed by atoms with Gasteiger partial charge in [0.15, 0.2) is 5.69 Å². The quantitative estimate of drug-likeness (QED) is 0.797. The maximum atomic E-state index is 13.7. The number of likely N-dealkylation sites (tertiary alicyclic amines) is 1. The highest BCUT2D eigenvalue weighted by Crippen LogP contribution is 2.13. The lowest BCUT2D eigenvalue weighted by Gasteiger charge is -2.16. The van der Waals surface area contributed by atoms with E-state index >= 15 is 0 Å². The molecule has 8 heteroatoms. The number of benzene rings is 1. The molecule has 2 aromatic rings. The monoisotopic (exact) mass is 364 g/mol. The van der Waals surface area contributed by atoms with E-state index in [0.717, 1.165) is 19.6 Å². The minimum Gasteiger partial charge on any atom is -0.345 e. The molecule has 1 fully saturated rings. The standard InChI is InChI=1S/C18H23F2N5O/c19-15-6-5-7-16(20)14(15)12-25-13-17(22-23-25)18(26)21-8-11-24-9-3-1-2-4-10-24/h5-7,13H,1-4,8-12H2,(H,21,26)/p+1. The van der Waals surface area contributed by atoms with Gasteiger partial charge in [-0.05, 0) is 37.8 Å². The average Bonchev–Trinajstić information content (AvgIpc) is 2.94. The van der Waals surface area contributed by atoms with Crippen LogP contribution in [0.5, 0.6) is 0 Å². The van der Waals surface area contributed by atoms with Crippen molar-refractivity contribution in [2.45, 2.75) is 32.2 Å². The molecule has 2 N–H and O–H groups in total. The SMILES string of the molecule is O=C(NCC[NH+]1CCCCCC1)c1cn(Cc2c(F)cccc2F)nn1. The Morgan fingerprint density at radius 2 is 1.85 bits per heavy atom. The average molecular weight is 364 g/mol. The van der Waals surface area contributed by atoms with Gasteiger partial charge in [-0.1, -0.05) is 11.3 Å². The number of aromatic nitrogens is 3. The van der Waals surface area contributed by atoms with Crippen molar-refractivity contribution in [1.29, 1.82) is 0 Å². The van der Waals surface area contributed by atoms with Crippen LogP contribution in [0.1, 0.15) is 41.7 Å². The lowest BCUT2D eigenvalue weighted by atomic mass is 10.2. The molecule has 0 bridgehead atoms. The van der Waals surface area contributed by atoms with E-state index < -0.39 is 11.6 Å². The van der Waals surface area contributed by atoms with Gasteiger partial charge in [0.25, 0.3) is 5.91 Å². The lowest BCUT2D eigenvalue weighted by molar-refractivity contribution is -0.898. The van der Waals surface area contributed by atoms with Crippen molar-refractivity contribution in [1.82, 2.24) is 20.3 Å². The Bertz CT molecular complexity index is 721.